The maximum absolute atomic E-state index is 4.36. The molecule has 2 unspecified atom stereocenters. The van der Waals surface area contributed by atoms with Gasteiger partial charge in [-0.1, -0.05) is 0 Å². The van der Waals surface area contributed by atoms with E-state index in [4.69, 9.17) is 0 Å². The Morgan fingerprint density at radius 3 is 2.61 bits per heavy atom. The van der Waals surface area contributed by atoms with Crippen molar-refractivity contribution in [1.29, 1.82) is 0 Å². The molecule has 4 nitrogen and oxygen atoms in total. The van der Waals surface area contributed by atoms with Crippen LogP contribution in [0, 0.1) is 0 Å². The fraction of sp³-hybridized carbons (Fsp3) is 0.786. The van der Waals surface area contributed by atoms with E-state index in [1.807, 2.05) is 10.9 Å². The number of likely N-dealkylation sites (tertiary alicyclic amines) is 2. The molecule has 1 aromatic heterocycles. The van der Waals surface area contributed by atoms with Gasteiger partial charge in [0.15, 0.2) is 0 Å². The summed E-state index contributed by atoms with van der Waals surface area (Å²) >= 11 is 0. The highest BCUT2D eigenvalue weighted by molar-refractivity contribution is 5.09. The van der Waals surface area contributed by atoms with Crippen LogP contribution < -0.4 is 0 Å². The summed E-state index contributed by atoms with van der Waals surface area (Å²) in [4.78, 5) is 5.28. The van der Waals surface area contributed by atoms with Crippen molar-refractivity contribution in [3.63, 3.8) is 0 Å². The smallest absolute Gasteiger partial charge is 0.0534 e. The first-order valence-electron chi connectivity index (χ1n) is 7.18. The van der Waals surface area contributed by atoms with Gasteiger partial charge < -0.3 is 0 Å². The molecule has 2 saturated heterocycles. The van der Waals surface area contributed by atoms with Gasteiger partial charge >= 0.3 is 0 Å². The van der Waals surface area contributed by atoms with Gasteiger partial charge in [-0.05, 0) is 27.2 Å². The van der Waals surface area contributed by atoms with E-state index in [-0.39, 0.29) is 0 Å². The Balaban J connectivity index is 1.60. The molecule has 0 aliphatic carbocycles. The third-order valence-corrected chi connectivity index (χ3v) is 4.48. The van der Waals surface area contributed by atoms with Crippen LogP contribution in [0.5, 0.6) is 0 Å². The minimum atomic E-state index is 0.695. The molecule has 100 valence electrons. The number of fused-ring (bicyclic) bond motifs is 2. The van der Waals surface area contributed by atoms with Gasteiger partial charge in [0, 0.05) is 56.1 Å². The van der Waals surface area contributed by atoms with Crippen LogP contribution in [0.4, 0.5) is 0 Å². The first-order valence-corrected chi connectivity index (χ1v) is 7.18. The highest BCUT2D eigenvalue weighted by Crippen LogP contribution is 2.34. The van der Waals surface area contributed by atoms with Crippen molar-refractivity contribution in [2.75, 3.05) is 13.1 Å². The van der Waals surface area contributed by atoms with E-state index < -0.39 is 0 Å². The molecule has 4 heteroatoms. The zero-order valence-electron chi connectivity index (χ0n) is 11.7. The average Bonchev–Trinajstić information content (AvgIpc) is 2.83. The van der Waals surface area contributed by atoms with Crippen LogP contribution >= 0.6 is 0 Å². The van der Waals surface area contributed by atoms with Crippen LogP contribution in [0.2, 0.25) is 0 Å². The lowest BCUT2D eigenvalue weighted by molar-refractivity contribution is -0.0835. The lowest BCUT2D eigenvalue weighted by Crippen LogP contribution is -2.68. The SMILES string of the molecule is CCn1cc(CN2C3CC2CN(C(C)C)C3)cn1. The summed E-state index contributed by atoms with van der Waals surface area (Å²) in [6, 6.07) is 2.24. The molecule has 2 aliphatic heterocycles. The van der Waals surface area contributed by atoms with E-state index in [1.54, 1.807) is 0 Å². The second-order valence-electron chi connectivity index (χ2n) is 5.97. The average molecular weight is 248 g/mol. The lowest BCUT2D eigenvalue weighted by Gasteiger charge is -2.57. The highest BCUT2D eigenvalue weighted by atomic mass is 15.4. The van der Waals surface area contributed by atoms with Crippen molar-refractivity contribution in [3.8, 4) is 0 Å². The molecule has 2 atom stereocenters. The van der Waals surface area contributed by atoms with E-state index in [2.05, 4.69) is 41.9 Å². The molecule has 3 rings (SSSR count). The zero-order chi connectivity index (χ0) is 12.7. The van der Waals surface area contributed by atoms with Gasteiger partial charge in [-0.25, -0.2) is 0 Å². The molecule has 1 aromatic rings. The fourth-order valence-corrected chi connectivity index (χ4v) is 3.27. The summed E-state index contributed by atoms with van der Waals surface area (Å²) in [5.74, 6) is 0. The standard InChI is InChI=1S/C14H24N4/c1-4-17-7-12(6-15-17)8-18-13-5-14(18)10-16(9-13)11(2)3/h6-7,11,13-14H,4-5,8-10H2,1-3H3. The maximum Gasteiger partial charge on any atom is 0.0534 e. The molecule has 18 heavy (non-hydrogen) atoms. The number of rotatable bonds is 4. The Bertz CT molecular complexity index is 400. The van der Waals surface area contributed by atoms with Crippen LogP contribution in [0.25, 0.3) is 0 Å². The van der Waals surface area contributed by atoms with Gasteiger partial charge in [0.25, 0.3) is 0 Å². The van der Waals surface area contributed by atoms with E-state index >= 15 is 0 Å². The minimum Gasteiger partial charge on any atom is -0.298 e. The molecule has 2 fully saturated rings. The zero-order valence-corrected chi connectivity index (χ0v) is 11.7. The number of hydrogen-bond acceptors (Lipinski definition) is 3. The van der Waals surface area contributed by atoms with Crippen LogP contribution in [-0.4, -0.2) is 50.8 Å². The molecule has 3 heterocycles. The van der Waals surface area contributed by atoms with Crippen molar-refractivity contribution >= 4 is 0 Å². The Kier molecular flexibility index (Phi) is 3.16. The topological polar surface area (TPSA) is 24.3 Å². The summed E-state index contributed by atoms with van der Waals surface area (Å²) < 4.78 is 2.02. The third kappa shape index (κ3) is 2.08. The Hall–Kier alpha value is -0.870. The van der Waals surface area contributed by atoms with E-state index in [0.717, 1.165) is 25.2 Å². The van der Waals surface area contributed by atoms with Crippen LogP contribution in [0.1, 0.15) is 32.8 Å². The third-order valence-electron chi connectivity index (χ3n) is 4.48. The number of nitrogens with zero attached hydrogens (tertiary/aromatic N) is 4. The van der Waals surface area contributed by atoms with Crippen molar-refractivity contribution in [3.05, 3.63) is 18.0 Å². The van der Waals surface area contributed by atoms with Gasteiger partial charge in [0.1, 0.15) is 0 Å². The van der Waals surface area contributed by atoms with E-state index in [0.29, 0.717) is 6.04 Å². The molecule has 2 aliphatic rings. The first-order chi connectivity index (χ1) is 8.67. The summed E-state index contributed by atoms with van der Waals surface area (Å²) in [7, 11) is 0. The lowest BCUT2D eigenvalue weighted by atomic mass is 9.86. The molecular formula is C14H24N4. The van der Waals surface area contributed by atoms with Gasteiger partial charge in [0.2, 0.25) is 0 Å². The second kappa shape index (κ2) is 4.67. The van der Waals surface area contributed by atoms with Crippen molar-refractivity contribution in [1.82, 2.24) is 19.6 Å². The molecule has 0 aromatic carbocycles. The summed E-state index contributed by atoms with van der Waals surface area (Å²) in [5, 5.41) is 4.36. The molecule has 0 radical (unpaired) electrons. The number of aryl methyl sites for hydroxylation is 1. The van der Waals surface area contributed by atoms with Gasteiger partial charge in [-0.3, -0.25) is 14.5 Å². The molecule has 0 spiro atoms. The summed E-state index contributed by atoms with van der Waals surface area (Å²) in [6.07, 6.45) is 5.61. The predicted molar refractivity (Wildman–Crippen MR) is 72.3 cm³/mol. The van der Waals surface area contributed by atoms with E-state index in [9.17, 15) is 0 Å². The van der Waals surface area contributed by atoms with Gasteiger partial charge in [-0.15, -0.1) is 0 Å². The fourth-order valence-electron chi connectivity index (χ4n) is 3.27. The van der Waals surface area contributed by atoms with Gasteiger partial charge in [0.05, 0.1) is 6.20 Å². The van der Waals surface area contributed by atoms with Crippen molar-refractivity contribution in [2.45, 2.75) is 58.4 Å². The molecular weight excluding hydrogens is 224 g/mol. The van der Waals surface area contributed by atoms with Crippen LogP contribution in [0.15, 0.2) is 12.4 Å². The maximum atomic E-state index is 4.36. The largest absolute Gasteiger partial charge is 0.298 e. The van der Waals surface area contributed by atoms with E-state index in [1.165, 1.54) is 25.1 Å². The van der Waals surface area contributed by atoms with Crippen molar-refractivity contribution < 1.29 is 0 Å². The summed E-state index contributed by atoms with van der Waals surface area (Å²) in [6.45, 7) is 11.3. The van der Waals surface area contributed by atoms with Crippen LogP contribution in [-0.2, 0) is 13.1 Å². The molecule has 0 saturated carbocycles. The monoisotopic (exact) mass is 248 g/mol. The first kappa shape index (κ1) is 12.2. The molecule has 2 bridgehead atoms. The Labute approximate surface area is 110 Å². The quantitative estimate of drug-likeness (QED) is 0.808. The van der Waals surface area contributed by atoms with Gasteiger partial charge in [-0.2, -0.15) is 5.10 Å². The molecule has 0 N–H and O–H groups in total. The Morgan fingerprint density at radius 2 is 2.06 bits per heavy atom. The number of hydrogen-bond donors (Lipinski definition) is 0. The summed E-state index contributed by atoms with van der Waals surface area (Å²) in [5.41, 5.74) is 1.37. The molecule has 0 amide bonds. The highest BCUT2D eigenvalue weighted by Gasteiger charge is 2.44. The Morgan fingerprint density at radius 1 is 1.33 bits per heavy atom. The number of piperidine rings is 1. The normalized spacial score (nSPS) is 28.7. The predicted octanol–water partition coefficient (Wildman–Crippen LogP) is 1.57. The number of piperazine rings is 1. The second-order valence-corrected chi connectivity index (χ2v) is 5.97. The van der Waals surface area contributed by atoms with Crippen LogP contribution in [0.3, 0.4) is 0 Å². The van der Waals surface area contributed by atoms with Crippen molar-refractivity contribution in [2.24, 2.45) is 0 Å². The minimum absolute atomic E-state index is 0.695. The number of aromatic nitrogens is 2.